The summed E-state index contributed by atoms with van der Waals surface area (Å²) in [6, 6.07) is 7.89. The summed E-state index contributed by atoms with van der Waals surface area (Å²) >= 11 is 0. The topological polar surface area (TPSA) is 37.3 Å². The number of aryl methyl sites for hydroxylation is 1. The average molecular weight is 240 g/mol. The van der Waals surface area contributed by atoms with E-state index in [1.54, 1.807) is 0 Å². The first kappa shape index (κ1) is 13.5. The fraction of sp³-hybridized carbons (Fsp3) is 0.538. The highest BCUT2D eigenvalue weighted by molar-refractivity contribution is 7.58. The molecule has 1 aromatic carbocycles. The van der Waals surface area contributed by atoms with E-state index in [-0.39, 0.29) is 5.66 Å². The standard InChI is InChI=1S/C13H21O2P/c1-4-5-10-16(14,15)12(3)13-8-6-11(2)7-9-13/h6-9,12H,4-5,10H2,1-3H3,(H,14,15). The van der Waals surface area contributed by atoms with Gasteiger partial charge in [-0.15, -0.1) is 0 Å². The Labute approximate surface area is 98.2 Å². The summed E-state index contributed by atoms with van der Waals surface area (Å²) in [6.07, 6.45) is 2.22. The Hall–Kier alpha value is -0.590. The van der Waals surface area contributed by atoms with Crippen LogP contribution in [0.15, 0.2) is 24.3 Å². The lowest BCUT2D eigenvalue weighted by molar-refractivity contribution is 0.464. The normalized spacial score (nSPS) is 16.8. The highest BCUT2D eigenvalue weighted by atomic mass is 31.2. The van der Waals surface area contributed by atoms with Crippen molar-refractivity contribution < 1.29 is 9.46 Å². The van der Waals surface area contributed by atoms with E-state index >= 15 is 0 Å². The van der Waals surface area contributed by atoms with Crippen LogP contribution in [0.1, 0.15) is 43.5 Å². The van der Waals surface area contributed by atoms with Crippen LogP contribution in [0.5, 0.6) is 0 Å². The SMILES string of the molecule is CCCCP(=O)(O)C(C)c1ccc(C)cc1. The largest absolute Gasteiger partial charge is 0.344 e. The van der Waals surface area contributed by atoms with Crippen molar-refractivity contribution in [2.75, 3.05) is 6.16 Å². The van der Waals surface area contributed by atoms with E-state index in [2.05, 4.69) is 0 Å². The first-order valence-electron chi connectivity index (χ1n) is 5.85. The van der Waals surface area contributed by atoms with E-state index in [4.69, 9.17) is 0 Å². The summed E-state index contributed by atoms with van der Waals surface area (Å²) < 4.78 is 12.1. The van der Waals surface area contributed by atoms with Gasteiger partial charge in [-0.05, 0) is 25.8 Å². The van der Waals surface area contributed by atoms with E-state index in [0.29, 0.717) is 6.16 Å². The Kier molecular flexibility index (Phi) is 4.76. The second kappa shape index (κ2) is 5.65. The van der Waals surface area contributed by atoms with Crippen molar-refractivity contribution in [1.82, 2.24) is 0 Å². The molecule has 1 aromatic rings. The van der Waals surface area contributed by atoms with Gasteiger partial charge in [0, 0.05) is 6.16 Å². The minimum absolute atomic E-state index is 0.250. The second-order valence-corrected chi connectivity index (χ2v) is 7.15. The smallest absolute Gasteiger partial charge is 0.207 e. The highest BCUT2D eigenvalue weighted by Crippen LogP contribution is 2.55. The van der Waals surface area contributed by atoms with Crippen LogP contribution in [-0.4, -0.2) is 11.1 Å². The Morgan fingerprint density at radius 1 is 1.31 bits per heavy atom. The molecule has 90 valence electrons. The van der Waals surface area contributed by atoms with Crippen LogP contribution >= 0.6 is 7.37 Å². The predicted molar refractivity (Wildman–Crippen MR) is 69.2 cm³/mol. The fourth-order valence-corrected chi connectivity index (χ4v) is 3.45. The van der Waals surface area contributed by atoms with Gasteiger partial charge in [-0.2, -0.15) is 0 Å². The molecule has 0 aliphatic heterocycles. The molecule has 2 unspecified atom stereocenters. The maximum Gasteiger partial charge on any atom is 0.207 e. The third kappa shape index (κ3) is 3.47. The molecule has 2 atom stereocenters. The molecule has 0 saturated carbocycles. The molecule has 0 spiro atoms. The Morgan fingerprint density at radius 2 is 1.88 bits per heavy atom. The van der Waals surface area contributed by atoms with E-state index in [9.17, 15) is 9.46 Å². The molecule has 1 rings (SSSR count). The lowest BCUT2D eigenvalue weighted by Gasteiger charge is -2.19. The fourth-order valence-electron chi connectivity index (χ4n) is 1.66. The predicted octanol–water partition coefficient (Wildman–Crippen LogP) is 4.13. The third-order valence-electron chi connectivity index (χ3n) is 3.00. The van der Waals surface area contributed by atoms with Crippen LogP contribution in [0, 0.1) is 6.92 Å². The van der Waals surface area contributed by atoms with Crippen molar-refractivity contribution in [2.45, 2.75) is 39.3 Å². The Bertz CT molecular complexity index is 370. The molecule has 0 heterocycles. The Balaban J connectivity index is 2.80. The second-order valence-electron chi connectivity index (χ2n) is 4.42. The van der Waals surface area contributed by atoms with Gasteiger partial charge >= 0.3 is 0 Å². The summed E-state index contributed by atoms with van der Waals surface area (Å²) in [4.78, 5) is 9.99. The van der Waals surface area contributed by atoms with Crippen molar-refractivity contribution in [1.29, 1.82) is 0 Å². The van der Waals surface area contributed by atoms with Crippen LogP contribution in [0.25, 0.3) is 0 Å². The van der Waals surface area contributed by atoms with E-state index < -0.39 is 7.37 Å². The quantitative estimate of drug-likeness (QED) is 0.786. The van der Waals surface area contributed by atoms with E-state index in [1.807, 2.05) is 45.0 Å². The number of hydrogen-bond acceptors (Lipinski definition) is 1. The maximum absolute atomic E-state index is 12.1. The van der Waals surface area contributed by atoms with Gasteiger partial charge in [0.15, 0.2) is 0 Å². The minimum atomic E-state index is -3.04. The number of unbranched alkanes of at least 4 members (excludes halogenated alkanes) is 1. The van der Waals surface area contributed by atoms with E-state index in [1.165, 1.54) is 5.56 Å². The van der Waals surface area contributed by atoms with Crippen LogP contribution in [0.2, 0.25) is 0 Å². The van der Waals surface area contributed by atoms with Gasteiger partial charge < -0.3 is 4.89 Å². The zero-order chi connectivity index (χ0) is 12.2. The molecule has 0 aliphatic rings. The van der Waals surface area contributed by atoms with Crippen molar-refractivity contribution in [2.24, 2.45) is 0 Å². The summed E-state index contributed by atoms with van der Waals surface area (Å²) in [7, 11) is -3.04. The molecule has 0 radical (unpaired) electrons. The lowest BCUT2D eigenvalue weighted by atomic mass is 10.1. The first-order valence-corrected chi connectivity index (χ1v) is 7.77. The van der Waals surface area contributed by atoms with Crippen LogP contribution < -0.4 is 0 Å². The van der Waals surface area contributed by atoms with Crippen LogP contribution in [0.3, 0.4) is 0 Å². The zero-order valence-electron chi connectivity index (χ0n) is 10.3. The van der Waals surface area contributed by atoms with Gasteiger partial charge in [0.1, 0.15) is 0 Å². The monoisotopic (exact) mass is 240 g/mol. The minimum Gasteiger partial charge on any atom is -0.344 e. The number of benzene rings is 1. The first-order chi connectivity index (χ1) is 7.47. The third-order valence-corrected chi connectivity index (χ3v) is 5.46. The van der Waals surface area contributed by atoms with Gasteiger partial charge in [0.05, 0.1) is 5.66 Å². The number of hydrogen-bond donors (Lipinski definition) is 1. The molecule has 16 heavy (non-hydrogen) atoms. The molecule has 0 fully saturated rings. The Morgan fingerprint density at radius 3 is 2.38 bits per heavy atom. The van der Waals surface area contributed by atoms with Gasteiger partial charge in [-0.3, -0.25) is 4.57 Å². The molecule has 0 aromatic heterocycles. The molecule has 3 heteroatoms. The van der Waals surface area contributed by atoms with Gasteiger partial charge in [0.2, 0.25) is 7.37 Å². The van der Waals surface area contributed by atoms with Gasteiger partial charge in [-0.1, -0.05) is 43.2 Å². The van der Waals surface area contributed by atoms with E-state index in [0.717, 1.165) is 18.4 Å². The molecule has 2 nitrogen and oxygen atoms in total. The molecule has 0 bridgehead atoms. The summed E-state index contributed by atoms with van der Waals surface area (Å²) in [5, 5.41) is 0. The maximum atomic E-state index is 12.1. The van der Waals surface area contributed by atoms with Crippen LogP contribution in [0.4, 0.5) is 0 Å². The summed E-state index contributed by atoms with van der Waals surface area (Å²) in [6.45, 7) is 5.90. The average Bonchev–Trinajstić information content (AvgIpc) is 2.26. The van der Waals surface area contributed by atoms with Gasteiger partial charge in [0.25, 0.3) is 0 Å². The van der Waals surface area contributed by atoms with Crippen molar-refractivity contribution in [3.8, 4) is 0 Å². The molecule has 0 aliphatic carbocycles. The van der Waals surface area contributed by atoms with Crippen molar-refractivity contribution in [3.63, 3.8) is 0 Å². The van der Waals surface area contributed by atoms with Gasteiger partial charge in [-0.25, -0.2) is 0 Å². The lowest BCUT2D eigenvalue weighted by Crippen LogP contribution is -1.99. The van der Waals surface area contributed by atoms with Crippen LogP contribution in [-0.2, 0) is 4.57 Å². The molecular weight excluding hydrogens is 219 g/mol. The summed E-state index contributed by atoms with van der Waals surface area (Å²) in [5.74, 6) is 0. The summed E-state index contributed by atoms with van der Waals surface area (Å²) in [5.41, 5.74) is 1.89. The van der Waals surface area contributed by atoms with Crippen molar-refractivity contribution in [3.05, 3.63) is 35.4 Å². The molecular formula is C13H21O2P. The van der Waals surface area contributed by atoms with Crippen molar-refractivity contribution >= 4 is 7.37 Å². The zero-order valence-corrected chi connectivity index (χ0v) is 11.2. The molecule has 1 N–H and O–H groups in total. The molecule has 0 saturated heterocycles. The highest BCUT2D eigenvalue weighted by Gasteiger charge is 2.27. The molecule has 0 amide bonds. The number of rotatable bonds is 5.